The SMILES string of the molecule is O=C(Oc1ccc2c(Cc3ccccc3)noc2c1)N1CCOCC1. The second-order valence-electron chi connectivity index (χ2n) is 5.92. The summed E-state index contributed by atoms with van der Waals surface area (Å²) in [6.45, 7) is 2.17. The van der Waals surface area contributed by atoms with Crippen LogP contribution in [0.25, 0.3) is 11.0 Å². The molecule has 1 aliphatic rings. The second kappa shape index (κ2) is 6.94. The van der Waals surface area contributed by atoms with Crippen molar-refractivity contribution in [1.82, 2.24) is 10.1 Å². The first-order valence-corrected chi connectivity index (χ1v) is 8.26. The zero-order valence-corrected chi connectivity index (χ0v) is 13.7. The van der Waals surface area contributed by atoms with Crippen LogP contribution < -0.4 is 4.74 Å². The molecule has 1 amide bonds. The van der Waals surface area contributed by atoms with Gasteiger partial charge in [0.25, 0.3) is 0 Å². The number of fused-ring (bicyclic) bond motifs is 1. The van der Waals surface area contributed by atoms with Crippen LogP contribution in [0.5, 0.6) is 5.75 Å². The molecule has 0 N–H and O–H groups in total. The lowest BCUT2D eigenvalue weighted by Crippen LogP contribution is -2.42. The Hall–Kier alpha value is -2.86. The van der Waals surface area contributed by atoms with Crippen LogP contribution in [0.3, 0.4) is 0 Å². The molecule has 0 unspecified atom stereocenters. The van der Waals surface area contributed by atoms with E-state index in [1.165, 1.54) is 5.56 Å². The van der Waals surface area contributed by atoms with Gasteiger partial charge in [-0.2, -0.15) is 0 Å². The van der Waals surface area contributed by atoms with Crippen molar-refractivity contribution in [1.29, 1.82) is 0 Å². The largest absolute Gasteiger partial charge is 0.415 e. The predicted octanol–water partition coefficient (Wildman–Crippen LogP) is 3.25. The highest BCUT2D eigenvalue weighted by Gasteiger charge is 2.19. The molecule has 0 spiro atoms. The normalized spacial score (nSPS) is 14.6. The molecule has 1 fully saturated rings. The number of benzene rings is 2. The number of ether oxygens (including phenoxy) is 2. The fraction of sp³-hybridized carbons (Fsp3) is 0.263. The van der Waals surface area contributed by atoms with Crippen molar-refractivity contribution in [3.05, 3.63) is 59.8 Å². The third-order valence-electron chi connectivity index (χ3n) is 4.21. The molecule has 1 aromatic heterocycles. The molecule has 0 atom stereocenters. The number of carbonyl (C=O) groups excluding carboxylic acids is 1. The summed E-state index contributed by atoms with van der Waals surface area (Å²) < 4.78 is 16.1. The molecule has 2 heterocycles. The summed E-state index contributed by atoms with van der Waals surface area (Å²) in [5.41, 5.74) is 2.64. The highest BCUT2D eigenvalue weighted by atomic mass is 16.6. The van der Waals surface area contributed by atoms with E-state index in [9.17, 15) is 4.79 Å². The average Bonchev–Trinajstić information content (AvgIpc) is 3.05. The molecule has 6 heteroatoms. The first kappa shape index (κ1) is 15.7. The molecular weight excluding hydrogens is 320 g/mol. The number of hydrogen-bond donors (Lipinski definition) is 0. The van der Waals surface area contributed by atoms with Crippen LogP contribution in [0.15, 0.2) is 53.1 Å². The number of hydrogen-bond acceptors (Lipinski definition) is 5. The van der Waals surface area contributed by atoms with Gasteiger partial charge in [0.15, 0.2) is 5.58 Å². The van der Waals surface area contributed by atoms with Gasteiger partial charge in [0.2, 0.25) is 0 Å². The van der Waals surface area contributed by atoms with Gasteiger partial charge < -0.3 is 18.9 Å². The maximum Gasteiger partial charge on any atom is 0.415 e. The van der Waals surface area contributed by atoms with E-state index < -0.39 is 0 Å². The van der Waals surface area contributed by atoms with Crippen LogP contribution in [0.2, 0.25) is 0 Å². The van der Waals surface area contributed by atoms with Gasteiger partial charge in [0.05, 0.1) is 18.9 Å². The van der Waals surface area contributed by atoms with Crippen molar-refractivity contribution < 1.29 is 18.8 Å². The molecule has 0 bridgehead atoms. The van der Waals surface area contributed by atoms with Crippen molar-refractivity contribution in [3.8, 4) is 5.75 Å². The van der Waals surface area contributed by atoms with E-state index >= 15 is 0 Å². The topological polar surface area (TPSA) is 64.8 Å². The summed E-state index contributed by atoms with van der Waals surface area (Å²) in [4.78, 5) is 13.8. The predicted molar refractivity (Wildman–Crippen MR) is 91.7 cm³/mol. The van der Waals surface area contributed by atoms with Gasteiger partial charge in [-0.15, -0.1) is 0 Å². The summed E-state index contributed by atoms with van der Waals surface area (Å²) in [6, 6.07) is 15.5. The van der Waals surface area contributed by atoms with Crippen molar-refractivity contribution >= 4 is 17.1 Å². The zero-order valence-electron chi connectivity index (χ0n) is 13.7. The number of aromatic nitrogens is 1. The van der Waals surface area contributed by atoms with Crippen LogP contribution in [0.4, 0.5) is 4.79 Å². The summed E-state index contributed by atoms with van der Waals surface area (Å²) in [6.07, 6.45) is 0.326. The van der Waals surface area contributed by atoms with Gasteiger partial charge in [-0.1, -0.05) is 35.5 Å². The first-order valence-electron chi connectivity index (χ1n) is 8.26. The number of carbonyl (C=O) groups is 1. The van der Waals surface area contributed by atoms with Crippen molar-refractivity contribution in [3.63, 3.8) is 0 Å². The lowest BCUT2D eigenvalue weighted by atomic mass is 10.1. The van der Waals surface area contributed by atoms with Crippen LogP contribution in [-0.2, 0) is 11.2 Å². The molecule has 2 aromatic carbocycles. The Bertz CT molecular complexity index is 870. The Morgan fingerprint density at radius 2 is 1.92 bits per heavy atom. The number of nitrogens with zero attached hydrogens (tertiary/aromatic N) is 2. The zero-order chi connectivity index (χ0) is 17.1. The monoisotopic (exact) mass is 338 g/mol. The second-order valence-corrected chi connectivity index (χ2v) is 5.92. The van der Waals surface area contributed by atoms with Gasteiger partial charge >= 0.3 is 6.09 Å². The van der Waals surface area contributed by atoms with Crippen molar-refractivity contribution in [2.24, 2.45) is 0 Å². The molecule has 0 aliphatic carbocycles. The Morgan fingerprint density at radius 3 is 2.72 bits per heavy atom. The van der Waals surface area contributed by atoms with Gasteiger partial charge in [0, 0.05) is 31.0 Å². The highest BCUT2D eigenvalue weighted by molar-refractivity contribution is 5.82. The Labute approximate surface area is 144 Å². The quantitative estimate of drug-likeness (QED) is 0.733. The van der Waals surface area contributed by atoms with Gasteiger partial charge in [0.1, 0.15) is 5.75 Å². The Morgan fingerprint density at radius 1 is 1.12 bits per heavy atom. The minimum absolute atomic E-state index is 0.369. The smallest absolute Gasteiger partial charge is 0.410 e. The summed E-state index contributed by atoms with van der Waals surface area (Å²) >= 11 is 0. The molecule has 1 saturated heterocycles. The van der Waals surface area contributed by atoms with E-state index in [-0.39, 0.29) is 6.09 Å². The molecule has 6 nitrogen and oxygen atoms in total. The molecular formula is C19H18N2O4. The summed E-state index contributed by atoms with van der Waals surface area (Å²) in [5.74, 6) is 0.450. The average molecular weight is 338 g/mol. The van der Waals surface area contributed by atoms with Gasteiger partial charge in [-0.05, 0) is 17.7 Å². The maximum absolute atomic E-state index is 12.2. The first-order chi connectivity index (χ1) is 12.3. The minimum atomic E-state index is -0.369. The minimum Gasteiger partial charge on any atom is -0.410 e. The number of morpholine rings is 1. The van der Waals surface area contributed by atoms with Gasteiger partial charge in [-0.3, -0.25) is 0 Å². The molecule has 3 aromatic rings. The van der Waals surface area contributed by atoms with E-state index in [0.717, 1.165) is 11.1 Å². The van der Waals surface area contributed by atoms with E-state index in [1.807, 2.05) is 24.3 Å². The molecule has 0 saturated carbocycles. The van der Waals surface area contributed by atoms with Gasteiger partial charge in [-0.25, -0.2) is 4.79 Å². The maximum atomic E-state index is 12.2. The highest BCUT2D eigenvalue weighted by Crippen LogP contribution is 2.25. The lowest BCUT2D eigenvalue weighted by Gasteiger charge is -2.25. The number of rotatable bonds is 3. The van der Waals surface area contributed by atoms with Crippen LogP contribution in [0.1, 0.15) is 11.3 Å². The molecule has 0 radical (unpaired) electrons. The van der Waals surface area contributed by atoms with E-state index in [2.05, 4.69) is 17.3 Å². The molecule has 1 aliphatic heterocycles. The fourth-order valence-corrected chi connectivity index (χ4v) is 2.86. The van der Waals surface area contributed by atoms with Crippen LogP contribution >= 0.6 is 0 Å². The van der Waals surface area contributed by atoms with Crippen LogP contribution in [0, 0.1) is 0 Å². The van der Waals surface area contributed by atoms with Crippen molar-refractivity contribution in [2.45, 2.75) is 6.42 Å². The summed E-state index contributed by atoms with van der Waals surface area (Å²) in [7, 11) is 0. The van der Waals surface area contributed by atoms with E-state index in [0.29, 0.717) is 44.1 Å². The lowest BCUT2D eigenvalue weighted by molar-refractivity contribution is 0.0416. The summed E-state index contributed by atoms with van der Waals surface area (Å²) in [5, 5.41) is 5.08. The van der Waals surface area contributed by atoms with Crippen molar-refractivity contribution in [2.75, 3.05) is 26.3 Å². The van der Waals surface area contributed by atoms with Crippen LogP contribution in [-0.4, -0.2) is 42.5 Å². The Balaban J connectivity index is 1.50. The van der Waals surface area contributed by atoms with E-state index in [4.69, 9.17) is 14.0 Å². The molecule has 25 heavy (non-hydrogen) atoms. The third kappa shape index (κ3) is 3.49. The van der Waals surface area contributed by atoms with E-state index in [1.54, 1.807) is 17.0 Å². The standard InChI is InChI=1S/C19H18N2O4/c22-19(21-8-10-23-11-9-21)24-15-6-7-16-17(20-25-18(16)13-15)12-14-4-2-1-3-5-14/h1-7,13H,8-12H2. The molecule has 4 rings (SSSR count). The fourth-order valence-electron chi connectivity index (χ4n) is 2.86. The Kier molecular flexibility index (Phi) is 4.35. The third-order valence-corrected chi connectivity index (χ3v) is 4.21. The molecule has 128 valence electrons. The number of amides is 1.